The first kappa shape index (κ1) is 10.3. The van der Waals surface area contributed by atoms with Crippen molar-refractivity contribution in [2.24, 2.45) is 5.92 Å². The average molecular weight is 208 g/mol. The molecule has 4 nitrogen and oxygen atoms in total. The van der Waals surface area contributed by atoms with E-state index in [1.54, 1.807) is 6.20 Å². The van der Waals surface area contributed by atoms with Gasteiger partial charge in [0.15, 0.2) is 0 Å². The second-order valence-electron chi connectivity index (χ2n) is 4.53. The van der Waals surface area contributed by atoms with Crippen LogP contribution in [-0.4, -0.2) is 16.2 Å². The number of aromatic amines is 1. The predicted molar refractivity (Wildman–Crippen MR) is 62.7 cm³/mol. The van der Waals surface area contributed by atoms with Gasteiger partial charge in [-0.3, -0.25) is 5.10 Å². The van der Waals surface area contributed by atoms with Crippen molar-refractivity contribution < 1.29 is 0 Å². The molecular formula is C11H20N4. The summed E-state index contributed by atoms with van der Waals surface area (Å²) >= 11 is 0. The van der Waals surface area contributed by atoms with Gasteiger partial charge in [-0.25, -0.2) is 0 Å². The van der Waals surface area contributed by atoms with Gasteiger partial charge in [0.05, 0.1) is 11.9 Å². The van der Waals surface area contributed by atoms with E-state index in [-0.39, 0.29) is 0 Å². The lowest BCUT2D eigenvalue weighted by Crippen LogP contribution is -2.27. The number of hydrogen-bond acceptors (Lipinski definition) is 3. The highest BCUT2D eigenvalue weighted by Gasteiger charge is 2.20. The van der Waals surface area contributed by atoms with Crippen LogP contribution in [0.1, 0.15) is 39.0 Å². The van der Waals surface area contributed by atoms with Crippen LogP contribution < -0.4 is 11.1 Å². The van der Waals surface area contributed by atoms with Crippen molar-refractivity contribution in [3.05, 3.63) is 6.20 Å². The Kier molecular flexibility index (Phi) is 3.14. The molecule has 0 spiro atoms. The molecule has 0 aromatic carbocycles. The van der Waals surface area contributed by atoms with Crippen LogP contribution in [0.5, 0.6) is 0 Å². The monoisotopic (exact) mass is 208 g/mol. The van der Waals surface area contributed by atoms with Gasteiger partial charge in [0.1, 0.15) is 5.82 Å². The lowest BCUT2D eigenvalue weighted by molar-refractivity contribution is 0.328. The predicted octanol–water partition coefficient (Wildman–Crippen LogP) is 2.37. The fourth-order valence-electron chi connectivity index (χ4n) is 2.41. The number of nitrogens with two attached hydrogens (primary N) is 1. The molecule has 1 unspecified atom stereocenters. The number of nitrogens with one attached hydrogen (secondary N) is 2. The van der Waals surface area contributed by atoms with Gasteiger partial charge >= 0.3 is 0 Å². The summed E-state index contributed by atoms with van der Waals surface area (Å²) in [7, 11) is 0. The maximum atomic E-state index is 5.74. The Morgan fingerprint density at radius 1 is 1.47 bits per heavy atom. The number of H-pyrrole nitrogens is 1. The number of aromatic nitrogens is 2. The second kappa shape index (κ2) is 4.55. The molecule has 2 rings (SSSR count). The average Bonchev–Trinajstić information content (AvgIpc) is 2.66. The summed E-state index contributed by atoms with van der Waals surface area (Å²) in [6.45, 7) is 2.24. The van der Waals surface area contributed by atoms with E-state index in [1.807, 2.05) is 0 Å². The number of rotatable bonds is 3. The first-order valence-corrected chi connectivity index (χ1v) is 5.83. The molecule has 1 aromatic rings. The summed E-state index contributed by atoms with van der Waals surface area (Å²) in [6, 6.07) is 0.491. The Balaban J connectivity index is 1.91. The van der Waals surface area contributed by atoms with Crippen LogP contribution in [0.3, 0.4) is 0 Å². The Labute approximate surface area is 90.6 Å². The number of nitrogens with zero attached hydrogens (tertiary/aromatic N) is 1. The minimum Gasteiger partial charge on any atom is -0.382 e. The minimum absolute atomic E-state index is 0.491. The van der Waals surface area contributed by atoms with E-state index >= 15 is 0 Å². The van der Waals surface area contributed by atoms with Gasteiger partial charge in [-0.15, -0.1) is 0 Å². The Morgan fingerprint density at radius 2 is 2.20 bits per heavy atom. The normalized spacial score (nSPS) is 20.1. The summed E-state index contributed by atoms with van der Waals surface area (Å²) in [5, 5.41) is 10.1. The minimum atomic E-state index is 0.491. The molecule has 1 aliphatic rings. The largest absolute Gasteiger partial charge is 0.382 e. The van der Waals surface area contributed by atoms with Crippen LogP contribution in [0.2, 0.25) is 0 Å². The molecule has 0 radical (unpaired) electrons. The highest BCUT2D eigenvalue weighted by molar-refractivity contribution is 5.60. The highest BCUT2D eigenvalue weighted by Crippen LogP contribution is 2.28. The standard InChI is InChI=1S/C11H20N4/c1-8(9-5-3-2-4-6-9)14-10-7-13-15-11(10)12/h7-9,14H,2-6H2,1H3,(H3,12,13,15). The highest BCUT2D eigenvalue weighted by atomic mass is 15.2. The molecular weight excluding hydrogens is 188 g/mol. The van der Waals surface area contributed by atoms with Crippen molar-refractivity contribution >= 4 is 11.5 Å². The first-order chi connectivity index (χ1) is 7.27. The Bertz CT molecular complexity index is 301. The van der Waals surface area contributed by atoms with Crippen LogP contribution in [-0.2, 0) is 0 Å². The van der Waals surface area contributed by atoms with Gasteiger partial charge in [-0.1, -0.05) is 19.3 Å². The maximum Gasteiger partial charge on any atom is 0.142 e. The maximum absolute atomic E-state index is 5.74. The summed E-state index contributed by atoms with van der Waals surface area (Å²) in [5.41, 5.74) is 6.68. The second-order valence-corrected chi connectivity index (χ2v) is 4.53. The number of anilines is 2. The molecule has 0 bridgehead atoms. The lowest BCUT2D eigenvalue weighted by Gasteiger charge is -2.28. The van der Waals surface area contributed by atoms with Gasteiger partial charge in [0.2, 0.25) is 0 Å². The fourth-order valence-corrected chi connectivity index (χ4v) is 2.41. The summed E-state index contributed by atoms with van der Waals surface area (Å²) in [4.78, 5) is 0. The topological polar surface area (TPSA) is 66.7 Å². The van der Waals surface area contributed by atoms with Crippen LogP contribution in [0.25, 0.3) is 0 Å². The Morgan fingerprint density at radius 3 is 2.80 bits per heavy atom. The molecule has 1 atom stereocenters. The zero-order chi connectivity index (χ0) is 10.7. The van der Waals surface area contributed by atoms with Crippen molar-refractivity contribution in [1.82, 2.24) is 10.2 Å². The fraction of sp³-hybridized carbons (Fsp3) is 0.727. The molecule has 0 amide bonds. The Hall–Kier alpha value is -1.19. The molecule has 1 aliphatic carbocycles. The third kappa shape index (κ3) is 2.43. The van der Waals surface area contributed by atoms with Crippen molar-refractivity contribution in [2.45, 2.75) is 45.1 Å². The van der Waals surface area contributed by atoms with Gasteiger partial charge in [-0.2, -0.15) is 5.10 Å². The SMILES string of the molecule is CC(Nc1cn[nH]c1N)C1CCCCC1. The van der Waals surface area contributed by atoms with Crippen molar-refractivity contribution in [1.29, 1.82) is 0 Å². The van der Waals surface area contributed by atoms with E-state index in [0.717, 1.165) is 11.6 Å². The lowest BCUT2D eigenvalue weighted by atomic mass is 9.84. The van der Waals surface area contributed by atoms with Gasteiger partial charge in [-0.05, 0) is 25.7 Å². The van der Waals surface area contributed by atoms with E-state index in [2.05, 4.69) is 22.4 Å². The van der Waals surface area contributed by atoms with E-state index in [0.29, 0.717) is 11.9 Å². The third-order valence-corrected chi connectivity index (χ3v) is 3.41. The molecule has 0 aliphatic heterocycles. The quantitative estimate of drug-likeness (QED) is 0.714. The van der Waals surface area contributed by atoms with Crippen LogP contribution in [0.15, 0.2) is 6.20 Å². The van der Waals surface area contributed by atoms with Crippen LogP contribution >= 0.6 is 0 Å². The molecule has 1 aromatic heterocycles. The van der Waals surface area contributed by atoms with E-state index in [1.165, 1.54) is 32.1 Å². The zero-order valence-electron chi connectivity index (χ0n) is 9.29. The van der Waals surface area contributed by atoms with Crippen molar-refractivity contribution in [3.8, 4) is 0 Å². The van der Waals surface area contributed by atoms with Gasteiger partial charge < -0.3 is 11.1 Å². The van der Waals surface area contributed by atoms with Crippen molar-refractivity contribution in [3.63, 3.8) is 0 Å². The van der Waals surface area contributed by atoms with E-state index in [4.69, 9.17) is 5.73 Å². The molecule has 4 N–H and O–H groups in total. The van der Waals surface area contributed by atoms with Gasteiger partial charge in [0, 0.05) is 6.04 Å². The number of nitrogen functional groups attached to an aromatic ring is 1. The van der Waals surface area contributed by atoms with Gasteiger partial charge in [0.25, 0.3) is 0 Å². The first-order valence-electron chi connectivity index (χ1n) is 5.83. The summed E-state index contributed by atoms with van der Waals surface area (Å²) < 4.78 is 0. The molecule has 1 fully saturated rings. The van der Waals surface area contributed by atoms with Crippen LogP contribution in [0.4, 0.5) is 11.5 Å². The molecule has 0 saturated heterocycles. The van der Waals surface area contributed by atoms with E-state index < -0.39 is 0 Å². The molecule has 1 heterocycles. The van der Waals surface area contributed by atoms with Crippen LogP contribution in [0, 0.1) is 5.92 Å². The third-order valence-electron chi connectivity index (χ3n) is 3.41. The summed E-state index contributed by atoms with van der Waals surface area (Å²) in [6.07, 6.45) is 8.58. The zero-order valence-corrected chi connectivity index (χ0v) is 9.29. The molecule has 1 saturated carbocycles. The molecule has 15 heavy (non-hydrogen) atoms. The molecule has 84 valence electrons. The van der Waals surface area contributed by atoms with E-state index in [9.17, 15) is 0 Å². The van der Waals surface area contributed by atoms with Crippen molar-refractivity contribution in [2.75, 3.05) is 11.1 Å². The molecule has 4 heteroatoms. The smallest absolute Gasteiger partial charge is 0.142 e. The number of hydrogen-bond donors (Lipinski definition) is 3. The summed E-state index contributed by atoms with van der Waals surface area (Å²) in [5.74, 6) is 1.42.